The summed E-state index contributed by atoms with van der Waals surface area (Å²) in [6, 6.07) is 7.22. The molecule has 3 heterocycles. The minimum absolute atomic E-state index is 0.0702. The van der Waals surface area contributed by atoms with Crippen LogP contribution in [0.1, 0.15) is 56.2 Å². The third-order valence-electron chi connectivity index (χ3n) is 7.95. The molecule has 1 aromatic heterocycles. The number of fused-ring (bicyclic) bond motifs is 1. The molecule has 1 amide bonds. The number of aromatic nitrogens is 2. The van der Waals surface area contributed by atoms with E-state index in [0.717, 1.165) is 56.6 Å². The summed E-state index contributed by atoms with van der Waals surface area (Å²) in [5.41, 5.74) is 1.76. The molecule has 0 spiro atoms. The molecule has 2 aliphatic heterocycles. The van der Waals surface area contributed by atoms with E-state index in [1.807, 2.05) is 29.2 Å². The number of hydrogen-bond donors (Lipinski definition) is 1. The standard InChI is InChI=1S/C30H43N5O5/c1-4-5-15-34(16-7-6-14-33(2)3)28(36)19-35-18-24(22-8-11-26-27(17-22)40-21-39-26)29(30(37)38)25(35)10-9-23-12-13-31-20-32-23/h8,11-13,17,20,24-25,29H,4-7,9-10,14-16,18-19,21H2,1-3H3,(H,37,38)/t24-,25+,29-/m1/s1. The topological polar surface area (TPSA) is 108 Å². The van der Waals surface area contributed by atoms with Crippen LogP contribution in [0.15, 0.2) is 36.8 Å². The highest BCUT2D eigenvalue weighted by atomic mass is 16.7. The Morgan fingerprint density at radius 3 is 2.58 bits per heavy atom. The fourth-order valence-electron chi connectivity index (χ4n) is 5.81. The second-order valence-corrected chi connectivity index (χ2v) is 11.1. The molecule has 218 valence electrons. The Balaban J connectivity index is 1.54. The molecule has 0 aliphatic carbocycles. The largest absolute Gasteiger partial charge is 0.481 e. The van der Waals surface area contributed by atoms with Gasteiger partial charge in [-0.25, -0.2) is 9.97 Å². The zero-order chi connectivity index (χ0) is 28.5. The average molecular weight is 554 g/mol. The van der Waals surface area contributed by atoms with E-state index in [4.69, 9.17) is 9.47 Å². The first-order valence-electron chi connectivity index (χ1n) is 14.4. The molecule has 1 saturated heterocycles. The molecule has 1 N–H and O–H groups in total. The number of likely N-dealkylation sites (tertiary alicyclic amines) is 1. The lowest BCUT2D eigenvalue weighted by molar-refractivity contribution is -0.143. The van der Waals surface area contributed by atoms with Crippen LogP contribution in [0.25, 0.3) is 0 Å². The highest BCUT2D eigenvalue weighted by molar-refractivity contribution is 5.79. The van der Waals surface area contributed by atoms with Crippen LogP contribution in [0.3, 0.4) is 0 Å². The van der Waals surface area contributed by atoms with E-state index in [-0.39, 0.29) is 31.2 Å². The van der Waals surface area contributed by atoms with E-state index in [9.17, 15) is 14.7 Å². The molecular formula is C30H43N5O5. The number of amides is 1. The molecule has 10 nitrogen and oxygen atoms in total. The molecule has 10 heteroatoms. The lowest BCUT2D eigenvalue weighted by Gasteiger charge is -2.30. The van der Waals surface area contributed by atoms with Crippen molar-refractivity contribution in [1.29, 1.82) is 0 Å². The summed E-state index contributed by atoms with van der Waals surface area (Å²) < 4.78 is 11.1. The molecule has 0 bridgehead atoms. The zero-order valence-electron chi connectivity index (χ0n) is 24.0. The van der Waals surface area contributed by atoms with Gasteiger partial charge in [-0.1, -0.05) is 19.4 Å². The number of hydrogen-bond acceptors (Lipinski definition) is 8. The van der Waals surface area contributed by atoms with Crippen molar-refractivity contribution in [3.63, 3.8) is 0 Å². The van der Waals surface area contributed by atoms with Crippen LogP contribution < -0.4 is 9.47 Å². The Labute approximate surface area is 237 Å². The number of nitrogens with zero attached hydrogens (tertiary/aromatic N) is 5. The molecule has 3 atom stereocenters. The molecule has 1 aromatic carbocycles. The van der Waals surface area contributed by atoms with Crippen LogP contribution in [-0.4, -0.2) is 101 Å². The Morgan fingerprint density at radius 2 is 1.85 bits per heavy atom. The predicted molar refractivity (Wildman–Crippen MR) is 151 cm³/mol. The van der Waals surface area contributed by atoms with Crippen molar-refractivity contribution in [2.24, 2.45) is 5.92 Å². The normalized spacial score (nSPS) is 20.2. The number of ether oxygens (including phenoxy) is 2. The maximum absolute atomic E-state index is 13.7. The van der Waals surface area contributed by atoms with E-state index < -0.39 is 11.9 Å². The second-order valence-electron chi connectivity index (χ2n) is 11.1. The number of aliphatic carboxylic acids is 1. The van der Waals surface area contributed by atoms with Gasteiger partial charge in [0.05, 0.1) is 12.5 Å². The number of benzene rings is 1. The molecule has 40 heavy (non-hydrogen) atoms. The average Bonchev–Trinajstić information content (AvgIpc) is 3.56. The molecule has 2 aromatic rings. The van der Waals surface area contributed by atoms with Gasteiger partial charge >= 0.3 is 5.97 Å². The van der Waals surface area contributed by atoms with Crippen molar-refractivity contribution in [3.05, 3.63) is 48.0 Å². The highest BCUT2D eigenvalue weighted by Crippen LogP contribution is 2.43. The molecule has 4 rings (SSSR count). The van der Waals surface area contributed by atoms with Gasteiger partial charge in [-0.3, -0.25) is 14.5 Å². The number of carboxylic acids is 1. The van der Waals surface area contributed by atoms with Gasteiger partial charge in [0.25, 0.3) is 0 Å². The fourth-order valence-corrected chi connectivity index (χ4v) is 5.81. The van der Waals surface area contributed by atoms with E-state index in [1.165, 1.54) is 6.33 Å². The number of unbranched alkanes of at least 4 members (excludes halogenated alkanes) is 2. The van der Waals surface area contributed by atoms with E-state index in [2.05, 4.69) is 40.8 Å². The van der Waals surface area contributed by atoms with Gasteiger partial charge in [0.1, 0.15) is 6.33 Å². The van der Waals surface area contributed by atoms with Crippen molar-refractivity contribution < 1.29 is 24.2 Å². The first-order valence-corrected chi connectivity index (χ1v) is 14.4. The summed E-state index contributed by atoms with van der Waals surface area (Å²) in [5, 5.41) is 10.5. The van der Waals surface area contributed by atoms with Crippen LogP contribution in [-0.2, 0) is 16.0 Å². The summed E-state index contributed by atoms with van der Waals surface area (Å²) in [4.78, 5) is 41.0. The fraction of sp³-hybridized carbons (Fsp3) is 0.600. The third-order valence-corrected chi connectivity index (χ3v) is 7.95. The molecule has 2 aliphatic rings. The summed E-state index contributed by atoms with van der Waals surface area (Å²) in [6.07, 6.45) is 8.35. The number of rotatable bonds is 15. The van der Waals surface area contributed by atoms with Crippen molar-refractivity contribution in [2.45, 2.75) is 57.4 Å². The maximum Gasteiger partial charge on any atom is 0.308 e. The lowest BCUT2D eigenvalue weighted by Crippen LogP contribution is -2.45. The summed E-state index contributed by atoms with van der Waals surface area (Å²) in [7, 11) is 4.12. The molecule has 1 fully saturated rings. The Kier molecular flexibility index (Phi) is 10.7. The number of aryl methyl sites for hydroxylation is 1. The van der Waals surface area contributed by atoms with Crippen molar-refractivity contribution in [3.8, 4) is 11.5 Å². The quantitative estimate of drug-likeness (QED) is 0.333. The van der Waals surface area contributed by atoms with Gasteiger partial charge in [0.2, 0.25) is 12.7 Å². The van der Waals surface area contributed by atoms with Crippen molar-refractivity contribution in [2.75, 3.05) is 53.6 Å². The number of carbonyl (C=O) groups excluding carboxylic acids is 1. The summed E-state index contributed by atoms with van der Waals surface area (Å²) >= 11 is 0. The molecule has 0 saturated carbocycles. The summed E-state index contributed by atoms with van der Waals surface area (Å²) in [6.45, 7) is 5.42. The van der Waals surface area contributed by atoms with Gasteiger partial charge < -0.3 is 24.4 Å². The second kappa shape index (κ2) is 14.4. The number of carbonyl (C=O) groups is 2. The first-order chi connectivity index (χ1) is 19.4. The minimum Gasteiger partial charge on any atom is -0.481 e. The maximum atomic E-state index is 13.7. The Hall–Kier alpha value is -3.24. The van der Waals surface area contributed by atoms with E-state index in [1.54, 1.807) is 6.20 Å². The minimum atomic E-state index is -0.850. The smallest absolute Gasteiger partial charge is 0.308 e. The Morgan fingerprint density at radius 1 is 1.07 bits per heavy atom. The molecule has 0 radical (unpaired) electrons. The molecule has 0 unspecified atom stereocenters. The van der Waals surface area contributed by atoms with Gasteiger partial charge in [0, 0.05) is 43.5 Å². The van der Waals surface area contributed by atoms with Gasteiger partial charge in [-0.05, 0) is 76.5 Å². The zero-order valence-corrected chi connectivity index (χ0v) is 24.0. The van der Waals surface area contributed by atoms with Crippen molar-refractivity contribution in [1.82, 2.24) is 24.7 Å². The predicted octanol–water partition coefficient (Wildman–Crippen LogP) is 3.28. The molecular weight excluding hydrogens is 510 g/mol. The SMILES string of the molecule is CCCCN(CCCCN(C)C)C(=O)CN1C[C@H](c2ccc3c(c2)OCO3)[C@@H](C(=O)O)[C@@H]1CCc1ccncn1. The van der Waals surface area contributed by atoms with Crippen LogP contribution in [0.4, 0.5) is 0 Å². The lowest BCUT2D eigenvalue weighted by atomic mass is 9.83. The third kappa shape index (κ3) is 7.69. The number of carboxylic acid groups (broad SMARTS) is 1. The Bertz CT molecular complexity index is 1110. The van der Waals surface area contributed by atoms with Crippen LogP contribution in [0.5, 0.6) is 11.5 Å². The van der Waals surface area contributed by atoms with Gasteiger partial charge in [0.15, 0.2) is 11.5 Å². The van der Waals surface area contributed by atoms with E-state index >= 15 is 0 Å². The summed E-state index contributed by atoms with van der Waals surface area (Å²) in [5.74, 6) is -0.421. The van der Waals surface area contributed by atoms with Crippen LogP contribution >= 0.6 is 0 Å². The monoisotopic (exact) mass is 553 g/mol. The van der Waals surface area contributed by atoms with E-state index in [0.29, 0.717) is 30.9 Å². The highest BCUT2D eigenvalue weighted by Gasteiger charge is 2.47. The van der Waals surface area contributed by atoms with Gasteiger partial charge in [-0.2, -0.15) is 0 Å². The first kappa shape index (κ1) is 29.7. The van der Waals surface area contributed by atoms with Crippen LogP contribution in [0, 0.1) is 5.92 Å². The van der Waals surface area contributed by atoms with Crippen LogP contribution in [0.2, 0.25) is 0 Å². The van der Waals surface area contributed by atoms with Crippen molar-refractivity contribution >= 4 is 11.9 Å². The van der Waals surface area contributed by atoms with Gasteiger partial charge in [-0.15, -0.1) is 0 Å².